The molecule has 0 aliphatic rings. The first-order valence-corrected chi connectivity index (χ1v) is 9.11. The summed E-state index contributed by atoms with van der Waals surface area (Å²) in [4.78, 5) is 0.264. The van der Waals surface area contributed by atoms with Crippen LogP contribution in [0.1, 0.15) is 16.4 Å². The first-order valence-electron chi connectivity index (χ1n) is 7.18. The Morgan fingerprint density at radius 2 is 1.09 bits per heavy atom. The van der Waals surface area contributed by atoms with Gasteiger partial charge in [0.25, 0.3) is 0 Å². The first-order chi connectivity index (χ1) is 11.1. The summed E-state index contributed by atoms with van der Waals surface area (Å²) in [5.74, 6) is 0. The molecule has 0 aliphatic carbocycles. The van der Waals surface area contributed by atoms with Crippen LogP contribution in [-0.4, -0.2) is 8.42 Å². The molecule has 0 atom stereocenters. The Kier molecular flexibility index (Phi) is 4.51. The van der Waals surface area contributed by atoms with E-state index in [-0.39, 0.29) is 4.90 Å². The number of benzene rings is 3. The number of halogens is 1. The molecule has 3 aromatic rings. The second-order valence-corrected chi connectivity index (χ2v) is 7.67. The van der Waals surface area contributed by atoms with Gasteiger partial charge in [0.15, 0.2) is 9.84 Å². The van der Waals surface area contributed by atoms with Crippen molar-refractivity contribution >= 4 is 21.4 Å². The molecule has 0 unspecified atom stereocenters. The third-order valence-corrected chi connectivity index (χ3v) is 6.00. The minimum atomic E-state index is -3.58. The van der Waals surface area contributed by atoms with Crippen LogP contribution in [0.4, 0.5) is 0 Å². The number of hydrogen-bond acceptors (Lipinski definition) is 2. The van der Waals surface area contributed by atoms with Gasteiger partial charge in [0, 0.05) is 5.02 Å². The zero-order chi connectivity index (χ0) is 16.3. The second-order valence-electron chi connectivity index (χ2n) is 5.20. The van der Waals surface area contributed by atoms with Crippen LogP contribution in [0.3, 0.4) is 0 Å². The molecular weight excluding hydrogens is 328 g/mol. The minimum Gasteiger partial charge on any atom is -0.223 e. The highest BCUT2D eigenvalue weighted by molar-refractivity contribution is 7.91. The van der Waals surface area contributed by atoms with Crippen molar-refractivity contribution in [2.45, 2.75) is 10.1 Å². The molecule has 0 radical (unpaired) electrons. The van der Waals surface area contributed by atoms with Gasteiger partial charge in [-0.25, -0.2) is 8.42 Å². The van der Waals surface area contributed by atoms with E-state index < -0.39 is 15.1 Å². The zero-order valence-corrected chi connectivity index (χ0v) is 13.8. The van der Waals surface area contributed by atoms with Crippen LogP contribution in [0.15, 0.2) is 89.8 Å². The van der Waals surface area contributed by atoms with E-state index in [9.17, 15) is 8.42 Å². The van der Waals surface area contributed by atoms with Crippen molar-refractivity contribution in [1.29, 1.82) is 0 Å². The van der Waals surface area contributed by atoms with Crippen molar-refractivity contribution in [1.82, 2.24) is 0 Å². The molecule has 0 bridgehead atoms. The summed E-state index contributed by atoms with van der Waals surface area (Å²) in [5.41, 5.74) is 1.49. The quantitative estimate of drug-likeness (QED) is 0.675. The number of sulfone groups is 1. The van der Waals surface area contributed by atoms with Crippen molar-refractivity contribution < 1.29 is 8.42 Å². The van der Waals surface area contributed by atoms with Crippen molar-refractivity contribution in [3.63, 3.8) is 0 Å². The highest BCUT2D eigenvalue weighted by Crippen LogP contribution is 2.35. The summed E-state index contributed by atoms with van der Waals surface area (Å²) < 4.78 is 26.4. The van der Waals surface area contributed by atoms with Crippen LogP contribution >= 0.6 is 11.6 Å². The van der Waals surface area contributed by atoms with Crippen molar-refractivity contribution in [2.24, 2.45) is 0 Å². The van der Waals surface area contributed by atoms with Crippen molar-refractivity contribution in [2.75, 3.05) is 0 Å². The summed E-state index contributed by atoms with van der Waals surface area (Å²) in [6.45, 7) is 0. The topological polar surface area (TPSA) is 34.1 Å². The van der Waals surface area contributed by atoms with Gasteiger partial charge in [-0.2, -0.15) is 0 Å². The van der Waals surface area contributed by atoms with Gasteiger partial charge in [-0.05, 0) is 35.4 Å². The van der Waals surface area contributed by atoms with Gasteiger partial charge in [-0.15, -0.1) is 0 Å². The minimum absolute atomic E-state index is 0.264. The summed E-state index contributed by atoms with van der Waals surface area (Å²) in [7, 11) is -3.58. The standard InChI is InChI=1S/C19H15ClO2S/c20-17-11-13-18(14-12-17)23(21,22)19(15-7-3-1-4-8-15)16-9-5-2-6-10-16/h1-14,19H. The number of hydrogen-bond donors (Lipinski definition) is 0. The van der Waals surface area contributed by atoms with Gasteiger partial charge >= 0.3 is 0 Å². The van der Waals surface area contributed by atoms with Gasteiger partial charge in [-0.3, -0.25) is 0 Å². The molecule has 0 fully saturated rings. The predicted molar refractivity (Wildman–Crippen MR) is 93.4 cm³/mol. The molecule has 3 rings (SSSR count). The molecule has 0 heterocycles. The largest absolute Gasteiger partial charge is 0.223 e. The average Bonchev–Trinajstić information content (AvgIpc) is 2.57. The van der Waals surface area contributed by atoms with E-state index in [2.05, 4.69) is 0 Å². The number of rotatable bonds is 4. The fourth-order valence-electron chi connectivity index (χ4n) is 2.57. The van der Waals surface area contributed by atoms with Crippen molar-refractivity contribution in [3.05, 3.63) is 101 Å². The summed E-state index contributed by atoms with van der Waals surface area (Å²) in [6, 6.07) is 24.8. The average molecular weight is 343 g/mol. The van der Waals surface area contributed by atoms with Crippen LogP contribution < -0.4 is 0 Å². The van der Waals surface area contributed by atoms with E-state index in [4.69, 9.17) is 11.6 Å². The molecule has 0 saturated heterocycles. The Balaban J connectivity index is 2.17. The lowest BCUT2D eigenvalue weighted by Crippen LogP contribution is -2.15. The molecule has 3 aromatic carbocycles. The van der Waals surface area contributed by atoms with Crippen LogP contribution in [0.2, 0.25) is 5.02 Å². The van der Waals surface area contributed by atoms with E-state index in [1.165, 1.54) is 0 Å². The Morgan fingerprint density at radius 3 is 1.52 bits per heavy atom. The lowest BCUT2D eigenvalue weighted by molar-refractivity contribution is 0.589. The highest BCUT2D eigenvalue weighted by atomic mass is 35.5. The molecule has 116 valence electrons. The maximum Gasteiger partial charge on any atom is 0.189 e. The second kappa shape index (κ2) is 6.57. The maximum atomic E-state index is 13.2. The summed E-state index contributed by atoms with van der Waals surface area (Å²) in [6.07, 6.45) is 0. The SMILES string of the molecule is O=S(=O)(c1ccc(Cl)cc1)C(c1ccccc1)c1ccccc1. The normalized spacial score (nSPS) is 11.6. The molecule has 4 heteroatoms. The molecule has 0 saturated carbocycles. The smallest absolute Gasteiger partial charge is 0.189 e. The van der Waals surface area contributed by atoms with Crippen LogP contribution in [-0.2, 0) is 9.84 Å². The first kappa shape index (κ1) is 15.8. The van der Waals surface area contributed by atoms with Gasteiger partial charge in [-0.1, -0.05) is 72.3 Å². The molecule has 2 nitrogen and oxygen atoms in total. The molecular formula is C19H15ClO2S. The zero-order valence-electron chi connectivity index (χ0n) is 12.3. The van der Waals surface area contributed by atoms with E-state index in [0.717, 1.165) is 11.1 Å². The molecule has 0 aliphatic heterocycles. The fraction of sp³-hybridized carbons (Fsp3) is 0.0526. The van der Waals surface area contributed by atoms with E-state index >= 15 is 0 Å². The fourth-order valence-corrected chi connectivity index (χ4v) is 4.51. The van der Waals surface area contributed by atoms with Gasteiger partial charge < -0.3 is 0 Å². The third-order valence-electron chi connectivity index (χ3n) is 3.66. The Morgan fingerprint density at radius 1 is 0.652 bits per heavy atom. The Bertz CT molecular complexity index is 834. The summed E-state index contributed by atoms with van der Waals surface area (Å²) >= 11 is 5.88. The highest BCUT2D eigenvalue weighted by Gasteiger charge is 2.30. The third kappa shape index (κ3) is 3.31. The van der Waals surface area contributed by atoms with Gasteiger partial charge in [0.05, 0.1) is 4.90 Å². The predicted octanol–water partition coefficient (Wildman–Crippen LogP) is 4.90. The lowest BCUT2D eigenvalue weighted by Gasteiger charge is -2.19. The van der Waals surface area contributed by atoms with Crippen molar-refractivity contribution in [3.8, 4) is 0 Å². The molecule has 23 heavy (non-hydrogen) atoms. The van der Waals surface area contributed by atoms with E-state index in [1.54, 1.807) is 24.3 Å². The monoisotopic (exact) mass is 342 g/mol. The Labute approximate surface area is 141 Å². The lowest BCUT2D eigenvalue weighted by atomic mass is 10.0. The maximum absolute atomic E-state index is 13.2. The van der Waals surface area contributed by atoms with E-state index in [0.29, 0.717) is 5.02 Å². The van der Waals surface area contributed by atoms with E-state index in [1.807, 2.05) is 60.7 Å². The van der Waals surface area contributed by atoms with Crippen LogP contribution in [0.5, 0.6) is 0 Å². The molecule has 0 spiro atoms. The Hall–Kier alpha value is -2.10. The molecule has 0 aromatic heterocycles. The molecule has 0 amide bonds. The van der Waals surface area contributed by atoms with Gasteiger partial charge in [0.2, 0.25) is 0 Å². The van der Waals surface area contributed by atoms with Gasteiger partial charge in [0.1, 0.15) is 5.25 Å². The van der Waals surface area contributed by atoms with Crippen LogP contribution in [0, 0.1) is 0 Å². The summed E-state index contributed by atoms with van der Waals surface area (Å²) in [5, 5.41) is -0.231. The van der Waals surface area contributed by atoms with Crippen LogP contribution in [0.25, 0.3) is 0 Å². The molecule has 0 N–H and O–H groups in total.